The molecule has 15 heavy (non-hydrogen) atoms. The normalized spacial score (nSPS) is 12.1. The summed E-state index contributed by atoms with van der Waals surface area (Å²) in [6.07, 6.45) is 3.67. The standard InChI is InChI=1S/C10H15N3O2/c1-8(2)6-10(13(14)15)7-9-4-5-11-12(9)3/h4-5,7-8H,6H2,1-3H3. The lowest BCUT2D eigenvalue weighted by atomic mass is 10.1. The summed E-state index contributed by atoms with van der Waals surface area (Å²) < 4.78 is 1.61. The third-order valence-electron chi connectivity index (χ3n) is 2.03. The van der Waals surface area contributed by atoms with E-state index in [1.807, 2.05) is 13.8 Å². The molecule has 5 heteroatoms. The molecule has 1 aromatic heterocycles. The van der Waals surface area contributed by atoms with Crippen LogP contribution in [0.15, 0.2) is 18.0 Å². The first-order valence-corrected chi connectivity index (χ1v) is 4.83. The molecule has 0 saturated carbocycles. The summed E-state index contributed by atoms with van der Waals surface area (Å²) in [6, 6.07) is 1.75. The Balaban J connectivity index is 2.94. The maximum absolute atomic E-state index is 10.8. The zero-order valence-corrected chi connectivity index (χ0v) is 9.17. The molecular formula is C10H15N3O2. The molecule has 5 nitrogen and oxygen atoms in total. The molecule has 0 atom stereocenters. The van der Waals surface area contributed by atoms with Gasteiger partial charge in [0.15, 0.2) is 0 Å². The summed E-state index contributed by atoms with van der Waals surface area (Å²) in [6.45, 7) is 3.92. The summed E-state index contributed by atoms with van der Waals surface area (Å²) in [7, 11) is 1.76. The molecule has 0 aliphatic carbocycles. The number of rotatable bonds is 4. The monoisotopic (exact) mass is 209 g/mol. The van der Waals surface area contributed by atoms with Gasteiger partial charge < -0.3 is 0 Å². The lowest BCUT2D eigenvalue weighted by molar-refractivity contribution is -0.427. The van der Waals surface area contributed by atoms with Crippen molar-refractivity contribution in [3.8, 4) is 0 Å². The van der Waals surface area contributed by atoms with Crippen molar-refractivity contribution in [1.82, 2.24) is 9.78 Å². The van der Waals surface area contributed by atoms with Gasteiger partial charge in [0.05, 0.1) is 10.6 Å². The fourth-order valence-electron chi connectivity index (χ4n) is 1.30. The van der Waals surface area contributed by atoms with Crippen molar-refractivity contribution in [2.75, 3.05) is 0 Å². The van der Waals surface area contributed by atoms with Crippen molar-refractivity contribution >= 4 is 6.08 Å². The van der Waals surface area contributed by atoms with Gasteiger partial charge in [-0.2, -0.15) is 5.10 Å². The van der Waals surface area contributed by atoms with Crippen LogP contribution in [0.3, 0.4) is 0 Å². The Morgan fingerprint density at radius 2 is 2.40 bits per heavy atom. The van der Waals surface area contributed by atoms with E-state index in [1.165, 1.54) is 0 Å². The highest BCUT2D eigenvalue weighted by Gasteiger charge is 2.13. The second-order valence-corrected chi connectivity index (χ2v) is 3.87. The van der Waals surface area contributed by atoms with E-state index < -0.39 is 0 Å². The van der Waals surface area contributed by atoms with Crippen LogP contribution in [-0.4, -0.2) is 14.7 Å². The minimum Gasteiger partial charge on any atom is -0.268 e. The molecular weight excluding hydrogens is 194 g/mol. The molecule has 0 spiro atoms. The van der Waals surface area contributed by atoms with E-state index in [-0.39, 0.29) is 16.5 Å². The first-order valence-electron chi connectivity index (χ1n) is 4.83. The maximum atomic E-state index is 10.8. The predicted molar refractivity (Wildman–Crippen MR) is 57.6 cm³/mol. The number of nitro groups is 1. The van der Waals surface area contributed by atoms with E-state index >= 15 is 0 Å². The van der Waals surface area contributed by atoms with Crippen LogP contribution in [0.25, 0.3) is 6.08 Å². The number of aryl methyl sites for hydroxylation is 1. The molecule has 0 aliphatic heterocycles. The minimum absolute atomic E-state index is 0.230. The highest BCUT2D eigenvalue weighted by Crippen LogP contribution is 2.14. The second-order valence-electron chi connectivity index (χ2n) is 3.87. The van der Waals surface area contributed by atoms with Gasteiger partial charge in [0, 0.05) is 25.7 Å². The third kappa shape index (κ3) is 3.19. The fourth-order valence-corrected chi connectivity index (χ4v) is 1.30. The first kappa shape index (κ1) is 11.4. The van der Waals surface area contributed by atoms with Gasteiger partial charge in [-0.1, -0.05) is 13.8 Å². The molecule has 0 amide bonds. The molecule has 0 N–H and O–H groups in total. The highest BCUT2D eigenvalue weighted by molar-refractivity contribution is 5.46. The third-order valence-corrected chi connectivity index (χ3v) is 2.03. The first-order chi connectivity index (χ1) is 7.00. The molecule has 0 radical (unpaired) electrons. The van der Waals surface area contributed by atoms with Crippen LogP contribution >= 0.6 is 0 Å². The molecule has 0 saturated heterocycles. The summed E-state index contributed by atoms with van der Waals surface area (Å²) in [5.74, 6) is 0.273. The largest absolute Gasteiger partial charge is 0.268 e. The zero-order valence-electron chi connectivity index (χ0n) is 9.17. The molecule has 0 unspecified atom stereocenters. The van der Waals surface area contributed by atoms with Crippen LogP contribution < -0.4 is 0 Å². The van der Waals surface area contributed by atoms with Crippen LogP contribution in [0.4, 0.5) is 0 Å². The van der Waals surface area contributed by atoms with Gasteiger partial charge in [-0.25, -0.2) is 0 Å². The topological polar surface area (TPSA) is 61.0 Å². The number of nitrogens with zero attached hydrogens (tertiary/aromatic N) is 3. The smallest absolute Gasteiger partial charge is 0.248 e. The van der Waals surface area contributed by atoms with Gasteiger partial charge in [-0.05, 0) is 12.0 Å². The van der Waals surface area contributed by atoms with E-state index in [0.29, 0.717) is 6.42 Å². The van der Waals surface area contributed by atoms with Crippen molar-refractivity contribution < 1.29 is 4.92 Å². The SMILES string of the molecule is CC(C)CC(=Cc1ccnn1C)[N+](=O)[O-]. The molecule has 1 heterocycles. The predicted octanol–water partition coefficient (Wildman–Crippen LogP) is 2.08. The summed E-state index contributed by atoms with van der Waals surface area (Å²) in [4.78, 5) is 10.5. The molecule has 0 aliphatic rings. The Hall–Kier alpha value is -1.65. The minimum atomic E-state index is -0.326. The molecule has 0 bridgehead atoms. The Morgan fingerprint density at radius 3 is 2.80 bits per heavy atom. The summed E-state index contributed by atoms with van der Waals surface area (Å²) in [5, 5.41) is 14.7. The lowest BCUT2D eigenvalue weighted by Gasteiger charge is -2.02. The Kier molecular flexibility index (Phi) is 3.60. The van der Waals surface area contributed by atoms with Gasteiger partial charge in [0.1, 0.15) is 0 Å². The van der Waals surface area contributed by atoms with Crippen LogP contribution in [0, 0.1) is 16.0 Å². The average Bonchev–Trinajstić information content (AvgIpc) is 2.50. The van der Waals surface area contributed by atoms with E-state index in [0.717, 1.165) is 5.69 Å². The average molecular weight is 209 g/mol. The summed E-state index contributed by atoms with van der Waals surface area (Å²) in [5.41, 5.74) is 0.982. The van der Waals surface area contributed by atoms with Crippen LogP contribution in [-0.2, 0) is 7.05 Å². The lowest BCUT2D eigenvalue weighted by Crippen LogP contribution is -2.03. The van der Waals surface area contributed by atoms with Gasteiger partial charge in [-0.15, -0.1) is 0 Å². The van der Waals surface area contributed by atoms with Crippen molar-refractivity contribution in [2.24, 2.45) is 13.0 Å². The van der Waals surface area contributed by atoms with E-state index in [4.69, 9.17) is 0 Å². The molecule has 0 fully saturated rings. The van der Waals surface area contributed by atoms with E-state index in [2.05, 4.69) is 5.10 Å². The van der Waals surface area contributed by atoms with Gasteiger partial charge in [-0.3, -0.25) is 14.8 Å². The van der Waals surface area contributed by atoms with Crippen molar-refractivity contribution in [3.05, 3.63) is 33.8 Å². The zero-order chi connectivity index (χ0) is 11.4. The Bertz CT molecular complexity index is 380. The maximum Gasteiger partial charge on any atom is 0.248 e. The number of allylic oxidation sites excluding steroid dienone is 1. The van der Waals surface area contributed by atoms with Crippen LogP contribution in [0.2, 0.25) is 0 Å². The van der Waals surface area contributed by atoms with Crippen molar-refractivity contribution in [1.29, 1.82) is 0 Å². The number of hydrogen-bond acceptors (Lipinski definition) is 3. The quantitative estimate of drug-likeness (QED) is 0.563. The van der Waals surface area contributed by atoms with Gasteiger partial charge in [0.25, 0.3) is 0 Å². The number of aromatic nitrogens is 2. The van der Waals surface area contributed by atoms with Gasteiger partial charge in [0.2, 0.25) is 5.70 Å². The Labute approximate surface area is 88.6 Å². The number of hydrogen-bond donors (Lipinski definition) is 0. The highest BCUT2D eigenvalue weighted by atomic mass is 16.6. The molecule has 82 valence electrons. The summed E-state index contributed by atoms with van der Waals surface area (Å²) >= 11 is 0. The Morgan fingerprint density at radius 1 is 1.73 bits per heavy atom. The van der Waals surface area contributed by atoms with E-state index in [1.54, 1.807) is 30.1 Å². The fraction of sp³-hybridized carbons (Fsp3) is 0.500. The molecule has 1 aromatic rings. The molecule has 1 rings (SSSR count). The van der Waals surface area contributed by atoms with E-state index in [9.17, 15) is 10.1 Å². The van der Waals surface area contributed by atoms with Gasteiger partial charge >= 0.3 is 0 Å². The second kappa shape index (κ2) is 4.72. The van der Waals surface area contributed by atoms with Crippen molar-refractivity contribution in [3.63, 3.8) is 0 Å². The van der Waals surface area contributed by atoms with Crippen molar-refractivity contribution in [2.45, 2.75) is 20.3 Å². The van der Waals surface area contributed by atoms with Crippen LogP contribution in [0.1, 0.15) is 26.0 Å². The molecule has 0 aromatic carbocycles. The van der Waals surface area contributed by atoms with Crippen LogP contribution in [0.5, 0.6) is 0 Å².